The first-order valence-corrected chi connectivity index (χ1v) is 4.95. The third-order valence-electron chi connectivity index (χ3n) is 2.54. The van der Waals surface area contributed by atoms with Gasteiger partial charge in [-0.05, 0) is 11.1 Å². The van der Waals surface area contributed by atoms with Crippen LogP contribution in [0.3, 0.4) is 0 Å². The van der Waals surface area contributed by atoms with E-state index < -0.39 is 0 Å². The van der Waals surface area contributed by atoms with Crippen LogP contribution < -0.4 is 0 Å². The number of nitrogens with zero attached hydrogens (tertiary/aromatic N) is 1. The molecule has 0 saturated heterocycles. The van der Waals surface area contributed by atoms with E-state index in [1.165, 1.54) is 11.1 Å². The predicted molar refractivity (Wildman–Crippen MR) is 56.8 cm³/mol. The summed E-state index contributed by atoms with van der Waals surface area (Å²) >= 11 is 0. The molecule has 1 aromatic carbocycles. The molecule has 0 aliphatic carbocycles. The topological polar surface area (TPSA) is 23.5 Å². The zero-order valence-electron chi connectivity index (χ0n) is 8.19. The van der Waals surface area contributed by atoms with Crippen molar-refractivity contribution in [1.82, 2.24) is 4.90 Å². The van der Waals surface area contributed by atoms with E-state index in [1.54, 1.807) is 6.08 Å². The maximum atomic E-state index is 8.61. The second-order valence-corrected chi connectivity index (χ2v) is 3.59. The van der Waals surface area contributed by atoms with Crippen LogP contribution in [0, 0.1) is 0 Å². The van der Waals surface area contributed by atoms with Gasteiger partial charge < -0.3 is 5.11 Å². The summed E-state index contributed by atoms with van der Waals surface area (Å²) in [6, 6.07) is 8.55. The van der Waals surface area contributed by atoms with Gasteiger partial charge in [0, 0.05) is 19.6 Å². The first kappa shape index (κ1) is 9.44. The lowest BCUT2D eigenvalue weighted by Gasteiger charge is -2.10. The number of fused-ring (bicyclic) bond motifs is 1. The Morgan fingerprint density at radius 3 is 2.36 bits per heavy atom. The van der Waals surface area contributed by atoms with Gasteiger partial charge in [-0.25, -0.2) is 0 Å². The third kappa shape index (κ3) is 2.03. The van der Waals surface area contributed by atoms with Crippen molar-refractivity contribution in [1.29, 1.82) is 0 Å². The highest BCUT2D eigenvalue weighted by Gasteiger charge is 2.16. The Balaban J connectivity index is 1.95. The molecule has 1 N–H and O–H groups in total. The molecule has 1 aromatic rings. The Hall–Kier alpha value is -1.12. The van der Waals surface area contributed by atoms with E-state index in [0.717, 1.165) is 19.6 Å². The van der Waals surface area contributed by atoms with E-state index in [2.05, 4.69) is 29.2 Å². The first-order chi connectivity index (χ1) is 6.90. The maximum Gasteiger partial charge on any atom is 0.0612 e. The summed E-state index contributed by atoms with van der Waals surface area (Å²) in [6.45, 7) is 3.13. The van der Waals surface area contributed by atoms with E-state index in [-0.39, 0.29) is 6.61 Å². The standard InChI is InChI=1S/C12H15NO/c14-8-4-3-7-13-9-11-5-1-2-6-12(11)10-13/h1-6,14H,7-10H2/b4-3+. The summed E-state index contributed by atoms with van der Waals surface area (Å²) in [5.74, 6) is 0. The van der Waals surface area contributed by atoms with Gasteiger partial charge in [0.15, 0.2) is 0 Å². The molecule has 0 aromatic heterocycles. The van der Waals surface area contributed by atoms with Crippen molar-refractivity contribution in [3.63, 3.8) is 0 Å². The second kappa shape index (κ2) is 4.40. The van der Waals surface area contributed by atoms with Crippen molar-refractivity contribution < 1.29 is 5.11 Å². The molecule has 2 nitrogen and oxygen atoms in total. The van der Waals surface area contributed by atoms with Gasteiger partial charge in [0.25, 0.3) is 0 Å². The minimum absolute atomic E-state index is 0.140. The predicted octanol–water partition coefficient (Wildman–Crippen LogP) is 1.55. The molecule has 1 heterocycles. The van der Waals surface area contributed by atoms with Gasteiger partial charge in [-0.2, -0.15) is 0 Å². The van der Waals surface area contributed by atoms with Gasteiger partial charge in [-0.15, -0.1) is 0 Å². The Kier molecular flexibility index (Phi) is 2.96. The van der Waals surface area contributed by atoms with E-state index in [1.807, 2.05) is 6.08 Å². The molecular weight excluding hydrogens is 174 g/mol. The zero-order valence-corrected chi connectivity index (χ0v) is 8.19. The highest BCUT2D eigenvalue weighted by Crippen LogP contribution is 2.21. The fraction of sp³-hybridized carbons (Fsp3) is 0.333. The molecule has 1 aliphatic heterocycles. The van der Waals surface area contributed by atoms with E-state index >= 15 is 0 Å². The monoisotopic (exact) mass is 189 g/mol. The number of rotatable bonds is 3. The molecule has 0 amide bonds. The Labute approximate surface area is 84.5 Å². The molecule has 0 radical (unpaired) electrons. The molecule has 0 unspecified atom stereocenters. The Morgan fingerprint density at radius 1 is 1.14 bits per heavy atom. The first-order valence-electron chi connectivity index (χ1n) is 4.95. The number of hydrogen-bond acceptors (Lipinski definition) is 2. The molecule has 0 atom stereocenters. The Morgan fingerprint density at radius 2 is 1.79 bits per heavy atom. The van der Waals surface area contributed by atoms with Gasteiger partial charge in [0.05, 0.1) is 6.61 Å². The van der Waals surface area contributed by atoms with Crippen LogP contribution in [0.1, 0.15) is 11.1 Å². The summed E-state index contributed by atoms with van der Waals surface area (Å²) in [7, 11) is 0. The van der Waals surface area contributed by atoms with Crippen LogP contribution in [0.5, 0.6) is 0 Å². The summed E-state index contributed by atoms with van der Waals surface area (Å²) in [5.41, 5.74) is 2.87. The summed E-state index contributed by atoms with van der Waals surface area (Å²) < 4.78 is 0. The van der Waals surface area contributed by atoms with Gasteiger partial charge >= 0.3 is 0 Å². The van der Waals surface area contributed by atoms with Gasteiger partial charge in [-0.3, -0.25) is 4.90 Å². The van der Waals surface area contributed by atoms with Gasteiger partial charge in [0.2, 0.25) is 0 Å². The van der Waals surface area contributed by atoms with Crippen molar-refractivity contribution in [3.8, 4) is 0 Å². The highest BCUT2D eigenvalue weighted by atomic mass is 16.2. The van der Waals surface area contributed by atoms with E-state index in [4.69, 9.17) is 5.11 Å². The zero-order chi connectivity index (χ0) is 9.80. The minimum atomic E-state index is 0.140. The van der Waals surface area contributed by atoms with Crippen LogP contribution in [0.2, 0.25) is 0 Å². The Bertz CT molecular complexity index is 308. The number of hydrogen-bond donors (Lipinski definition) is 1. The molecule has 2 rings (SSSR count). The lowest BCUT2D eigenvalue weighted by Crippen LogP contribution is -2.15. The smallest absolute Gasteiger partial charge is 0.0612 e. The van der Waals surface area contributed by atoms with Crippen molar-refractivity contribution in [2.45, 2.75) is 13.1 Å². The molecule has 0 saturated carbocycles. The molecule has 14 heavy (non-hydrogen) atoms. The van der Waals surface area contributed by atoms with Crippen molar-refractivity contribution in [2.75, 3.05) is 13.2 Å². The van der Waals surface area contributed by atoms with Gasteiger partial charge in [-0.1, -0.05) is 36.4 Å². The van der Waals surface area contributed by atoms with Crippen LogP contribution >= 0.6 is 0 Å². The molecule has 0 spiro atoms. The van der Waals surface area contributed by atoms with Crippen molar-refractivity contribution in [2.24, 2.45) is 0 Å². The third-order valence-corrected chi connectivity index (χ3v) is 2.54. The summed E-state index contributed by atoms with van der Waals surface area (Å²) in [6.07, 6.45) is 3.81. The average molecular weight is 189 g/mol. The van der Waals surface area contributed by atoms with Crippen LogP contribution in [0.15, 0.2) is 36.4 Å². The average Bonchev–Trinajstić information content (AvgIpc) is 2.60. The summed E-state index contributed by atoms with van der Waals surface area (Å²) in [4.78, 5) is 2.36. The minimum Gasteiger partial charge on any atom is -0.392 e. The highest BCUT2D eigenvalue weighted by molar-refractivity contribution is 5.30. The molecule has 2 heteroatoms. The molecule has 1 aliphatic rings. The molecule has 74 valence electrons. The lowest BCUT2D eigenvalue weighted by atomic mass is 10.1. The molecule has 0 fully saturated rings. The van der Waals surface area contributed by atoms with Crippen LogP contribution in [0.25, 0.3) is 0 Å². The SMILES string of the molecule is OC/C=C/CN1Cc2ccccc2C1. The quantitative estimate of drug-likeness (QED) is 0.729. The fourth-order valence-electron chi connectivity index (χ4n) is 1.83. The van der Waals surface area contributed by atoms with E-state index in [0.29, 0.717) is 0 Å². The lowest BCUT2D eigenvalue weighted by molar-refractivity contribution is 0.313. The van der Waals surface area contributed by atoms with Crippen LogP contribution in [0.4, 0.5) is 0 Å². The summed E-state index contributed by atoms with van der Waals surface area (Å²) in [5, 5.41) is 8.61. The van der Waals surface area contributed by atoms with Gasteiger partial charge in [0.1, 0.15) is 0 Å². The van der Waals surface area contributed by atoms with Crippen molar-refractivity contribution in [3.05, 3.63) is 47.5 Å². The number of aliphatic hydroxyl groups is 1. The second-order valence-electron chi connectivity index (χ2n) is 3.59. The maximum absolute atomic E-state index is 8.61. The molecular formula is C12H15NO. The van der Waals surface area contributed by atoms with Crippen LogP contribution in [-0.2, 0) is 13.1 Å². The fourth-order valence-corrected chi connectivity index (χ4v) is 1.83. The number of aliphatic hydroxyl groups excluding tert-OH is 1. The van der Waals surface area contributed by atoms with Crippen LogP contribution in [-0.4, -0.2) is 23.2 Å². The molecule has 0 bridgehead atoms. The van der Waals surface area contributed by atoms with E-state index in [9.17, 15) is 0 Å². The number of benzene rings is 1. The van der Waals surface area contributed by atoms with Crippen molar-refractivity contribution >= 4 is 0 Å². The normalized spacial score (nSPS) is 16.4. The largest absolute Gasteiger partial charge is 0.392 e.